The Labute approximate surface area is 137 Å². The fourth-order valence-electron chi connectivity index (χ4n) is 2.81. The van der Waals surface area contributed by atoms with Crippen molar-refractivity contribution in [3.8, 4) is 11.1 Å². The molecule has 0 unspecified atom stereocenters. The van der Waals surface area contributed by atoms with Gasteiger partial charge in [0.2, 0.25) is 0 Å². The predicted molar refractivity (Wildman–Crippen MR) is 94.0 cm³/mol. The number of pyridine rings is 1. The Morgan fingerprint density at radius 1 is 0.875 bits per heavy atom. The average Bonchev–Trinajstić information content (AvgIpc) is 3.05. The standard InChI is InChI=1S/C19H14FN3O/c20-12-3-1-4-13(9-12)23-14-10-17(19(24)22-11-14)15-5-2-6-18-16(15)7-8-21-18/h1-11,21,23H,(H,22,24). The normalized spacial score (nSPS) is 10.9. The van der Waals surface area contributed by atoms with E-state index in [0.29, 0.717) is 16.9 Å². The van der Waals surface area contributed by atoms with Gasteiger partial charge in [-0.2, -0.15) is 0 Å². The van der Waals surface area contributed by atoms with Gasteiger partial charge in [0.25, 0.3) is 5.56 Å². The van der Waals surface area contributed by atoms with Crippen molar-refractivity contribution in [2.45, 2.75) is 0 Å². The molecule has 4 nitrogen and oxygen atoms in total. The van der Waals surface area contributed by atoms with E-state index in [1.807, 2.05) is 30.5 Å². The van der Waals surface area contributed by atoms with E-state index < -0.39 is 0 Å². The molecule has 4 rings (SSSR count). The second-order valence-corrected chi connectivity index (χ2v) is 5.51. The van der Waals surface area contributed by atoms with Crippen molar-refractivity contribution in [2.24, 2.45) is 0 Å². The maximum absolute atomic E-state index is 13.3. The number of aromatic nitrogens is 2. The molecule has 0 spiro atoms. The van der Waals surface area contributed by atoms with E-state index in [1.165, 1.54) is 12.1 Å². The topological polar surface area (TPSA) is 60.7 Å². The average molecular weight is 319 g/mol. The molecule has 0 radical (unpaired) electrons. The van der Waals surface area contributed by atoms with Gasteiger partial charge in [-0.05, 0) is 42.0 Å². The van der Waals surface area contributed by atoms with E-state index in [0.717, 1.165) is 16.5 Å². The first-order chi connectivity index (χ1) is 11.7. The van der Waals surface area contributed by atoms with Crippen LogP contribution in [0.2, 0.25) is 0 Å². The van der Waals surface area contributed by atoms with Crippen molar-refractivity contribution in [3.63, 3.8) is 0 Å². The lowest BCUT2D eigenvalue weighted by Crippen LogP contribution is -2.09. The van der Waals surface area contributed by atoms with Crippen molar-refractivity contribution in [2.75, 3.05) is 5.32 Å². The number of rotatable bonds is 3. The van der Waals surface area contributed by atoms with E-state index in [9.17, 15) is 9.18 Å². The summed E-state index contributed by atoms with van der Waals surface area (Å²) in [6.45, 7) is 0. The summed E-state index contributed by atoms with van der Waals surface area (Å²) in [5, 5.41) is 4.08. The number of benzene rings is 2. The van der Waals surface area contributed by atoms with Gasteiger partial charge in [-0.3, -0.25) is 4.79 Å². The van der Waals surface area contributed by atoms with Crippen LogP contribution in [-0.2, 0) is 0 Å². The predicted octanol–water partition coefficient (Wildman–Crippen LogP) is 4.41. The van der Waals surface area contributed by atoms with Crippen LogP contribution in [-0.4, -0.2) is 9.97 Å². The number of H-pyrrole nitrogens is 2. The number of fused-ring (bicyclic) bond motifs is 1. The first-order valence-electron chi connectivity index (χ1n) is 7.52. The van der Waals surface area contributed by atoms with Crippen LogP contribution in [0.5, 0.6) is 0 Å². The third-order valence-electron chi connectivity index (χ3n) is 3.90. The molecule has 0 aliphatic heterocycles. The fourth-order valence-corrected chi connectivity index (χ4v) is 2.81. The molecule has 118 valence electrons. The van der Waals surface area contributed by atoms with Crippen LogP contribution in [0.1, 0.15) is 0 Å². The third-order valence-corrected chi connectivity index (χ3v) is 3.90. The molecule has 0 aliphatic carbocycles. The summed E-state index contributed by atoms with van der Waals surface area (Å²) in [6, 6.07) is 15.7. The summed E-state index contributed by atoms with van der Waals surface area (Å²) in [4.78, 5) is 18.2. The Morgan fingerprint density at radius 3 is 2.62 bits per heavy atom. The zero-order chi connectivity index (χ0) is 16.5. The van der Waals surface area contributed by atoms with Gasteiger partial charge in [-0.1, -0.05) is 18.2 Å². The Morgan fingerprint density at radius 2 is 1.75 bits per heavy atom. The van der Waals surface area contributed by atoms with Gasteiger partial charge in [-0.25, -0.2) is 4.39 Å². The first-order valence-corrected chi connectivity index (χ1v) is 7.52. The molecule has 24 heavy (non-hydrogen) atoms. The number of halogens is 1. The van der Waals surface area contributed by atoms with Crippen LogP contribution in [0.4, 0.5) is 15.8 Å². The number of nitrogens with one attached hydrogen (secondary N) is 3. The minimum Gasteiger partial charge on any atom is -0.361 e. The van der Waals surface area contributed by atoms with Crippen LogP contribution in [0.15, 0.2) is 71.8 Å². The lowest BCUT2D eigenvalue weighted by Gasteiger charge is -2.09. The lowest BCUT2D eigenvalue weighted by molar-refractivity contribution is 0.628. The molecule has 0 bridgehead atoms. The van der Waals surface area contributed by atoms with Gasteiger partial charge in [0.05, 0.1) is 5.69 Å². The van der Waals surface area contributed by atoms with E-state index in [1.54, 1.807) is 24.4 Å². The maximum atomic E-state index is 13.3. The van der Waals surface area contributed by atoms with Gasteiger partial charge in [0.15, 0.2) is 0 Å². The summed E-state index contributed by atoms with van der Waals surface area (Å²) in [7, 11) is 0. The van der Waals surface area contributed by atoms with Crippen LogP contribution in [0.25, 0.3) is 22.0 Å². The quantitative estimate of drug-likeness (QED) is 0.524. The summed E-state index contributed by atoms with van der Waals surface area (Å²) in [5.41, 5.74) is 3.50. The molecule has 0 amide bonds. The minimum atomic E-state index is -0.318. The summed E-state index contributed by atoms with van der Waals surface area (Å²) in [5.74, 6) is -0.318. The molecule has 0 aliphatic rings. The van der Waals surface area contributed by atoms with E-state index in [2.05, 4.69) is 15.3 Å². The van der Waals surface area contributed by atoms with Crippen molar-refractivity contribution in [1.82, 2.24) is 9.97 Å². The van der Waals surface area contributed by atoms with Crippen molar-refractivity contribution in [1.29, 1.82) is 0 Å². The second-order valence-electron chi connectivity index (χ2n) is 5.51. The number of hydrogen-bond donors (Lipinski definition) is 3. The van der Waals surface area contributed by atoms with E-state index in [4.69, 9.17) is 0 Å². The van der Waals surface area contributed by atoms with Crippen LogP contribution >= 0.6 is 0 Å². The molecule has 0 fully saturated rings. The number of hydrogen-bond acceptors (Lipinski definition) is 2. The van der Waals surface area contributed by atoms with Gasteiger partial charge >= 0.3 is 0 Å². The van der Waals surface area contributed by atoms with Gasteiger partial charge in [0, 0.05) is 34.5 Å². The fraction of sp³-hybridized carbons (Fsp3) is 0. The minimum absolute atomic E-state index is 0.173. The Kier molecular flexibility index (Phi) is 3.39. The molecule has 2 aromatic heterocycles. The highest BCUT2D eigenvalue weighted by Crippen LogP contribution is 2.27. The molecule has 2 heterocycles. The summed E-state index contributed by atoms with van der Waals surface area (Å²) in [6.07, 6.45) is 3.42. The highest BCUT2D eigenvalue weighted by Gasteiger charge is 2.09. The first kappa shape index (κ1) is 14.3. The van der Waals surface area contributed by atoms with Crippen LogP contribution in [0, 0.1) is 5.82 Å². The molecule has 4 aromatic rings. The largest absolute Gasteiger partial charge is 0.361 e. The maximum Gasteiger partial charge on any atom is 0.255 e. The smallest absolute Gasteiger partial charge is 0.255 e. The zero-order valence-electron chi connectivity index (χ0n) is 12.6. The van der Waals surface area contributed by atoms with Crippen LogP contribution in [0.3, 0.4) is 0 Å². The highest BCUT2D eigenvalue weighted by molar-refractivity contribution is 5.95. The highest BCUT2D eigenvalue weighted by atomic mass is 19.1. The van der Waals surface area contributed by atoms with Gasteiger partial charge < -0.3 is 15.3 Å². The molecule has 5 heteroatoms. The van der Waals surface area contributed by atoms with Crippen LogP contribution < -0.4 is 10.9 Å². The molecule has 3 N–H and O–H groups in total. The Hall–Kier alpha value is -3.34. The zero-order valence-corrected chi connectivity index (χ0v) is 12.6. The lowest BCUT2D eigenvalue weighted by atomic mass is 10.0. The summed E-state index contributed by atoms with van der Waals surface area (Å²) < 4.78 is 13.3. The third kappa shape index (κ3) is 2.56. The molecular weight excluding hydrogens is 305 g/mol. The Bertz CT molecular complexity index is 1080. The van der Waals surface area contributed by atoms with Gasteiger partial charge in [0.1, 0.15) is 5.82 Å². The molecule has 0 saturated heterocycles. The second kappa shape index (κ2) is 5.70. The molecule has 2 aromatic carbocycles. The number of aromatic amines is 2. The Balaban J connectivity index is 1.79. The SMILES string of the molecule is O=c1[nH]cc(Nc2cccc(F)c2)cc1-c1cccc2[nH]ccc12. The van der Waals surface area contributed by atoms with Crippen molar-refractivity contribution in [3.05, 3.63) is 83.2 Å². The molecule has 0 atom stereocenters. The van der Waals surface area contributed by atoms with Gasteiger partial charge in [-0.15, -0.1) is 0 Å². The molecular formula is C19H14FN3O. The molecule has 0 saturated carbocycles. The van der Waals surface area contributed by atoms with Crippen molar-refractivity contribution < 1.29 is 4.39 Å². The van der Waals surface area contributed by atoms with Crippen molar-refractivity contribution >= 4 is 22.3 Å². The summed E-state index contributed by atoms with van der Waals surface area (Å²) >= 11 is 0. The number of anilines is 2. The van der Waals surface area contributed by atoms with E-state index in [-0.39, 0.29) is 11.4 Å². The van der Waals surface area contributed by atoms with E-state index >= 15 is 0 Å². The monoisotopic (exact) mass is 319 g/mol.